The molecule has 1 aromatic carbocycles. The van der Waals surface area contributed by atoms with E-state index in [4.69, 9.17) is 0 Å². The van der Waals surface area contributed by atoms with Crippen molar-refractivity contribution in [3.05, 3.63) is 35.4 Å². The topological polar surface area (TPSA) is 15.3 Å². The predicted molar refractivity (Wildman–Crippen MR) is 71.4 cm³/mol. The van der Waals surface area contributed by atoms with Crippen molar-refractivity contribution in [3.8, 4) is 0 Å². The van der Waals surface area contributed by atoms with Gasteiger partial charge in [-0.3, -0.25) is 0 Å². The molecule has 1 atom stereocenters. The molecular weight excluding hydrogens is 208 g/mol. The first-order valence-electron chi connectivity index (χ1n) is 6.82. The maximum Gasteiger partial charge on any atom is 0.0104 e. The molecular formula is C15H22N2. The van der Waals surface area contributed by atoms with E-state index in [9.17, 15) is 0 Å². The molecule has 0 bridgehead atoms. The van der Waals surface area contributed by atoms with Crippen molar-refractivity contribution in [3.63, 3.8) is 0 Å². The van der Waals surface area contributed by atoms with Crippen molar-refractivity contribution in [1.82, 2.24) is 10.2 Å². The van der Waals surface area contributed by atoms with Gasteiger partial charge in [0.05, 0.1) is 0 Å². The summed E-state index contributed by atoms with van der Waals surface area (Å²) < 4.78 is 0. The van der Waals surface area contributed by atoms with Crippen LogP contribution in [0.1, 0.15) is 29.9 Å². The number of nitrogens with one attached hydrogen (secondary N) is 1. The van der Waals surface area contributed by atoms with Gasteiger partial charge >= 0.3 is 0 Å². The molecule has 1 aromatic rings. The Morgan fingerprint density at radius 2 is 2.12 bits per heavy atom. The molecule has 0 heterocycles. The number of benzene rings is 1. The highest BCUT2D eigenvalue weighted by molar-refractivity contribution is 5.40. The summed E-state index contributed by atoms with van der Waals surface area (Å²) in [5, 5.41) is 3.57. The Hall–Kier alpha value is -0.860. The van der Waals surface area contributed by atoms with E-state index in [1.165, 1.54) is 32.4 Å². The van der Waals surface area contributed by atoms with Crippen LogP contribution in [0.15, 0.2) is 24.3 Å². The van der Waals surface area contributed by atoms with E-state index in [-0.39, 0.29) is 0 Å². The summed E-state index contributed by atoms with van der Waals surface area (Å²) in [6, 6.07) is 9.71. The van der Waals surface area contributed by atoms with Crippen LogP contribution >= 0.6 is 0 Å². The van der Waals surface area contributed by atoms with Gasteiger partial charge in [-0.25, -0.2) is 0 Å². The molecule has 2 aliphatic carbocycles. The number of fused-ring (bicyclic) bond motifs is 1. The van der Waals surface area contributed by atoms with Crippen molar-refractivity contribution >= 4 is 0 Å². The number of nitrogens with zero attached hydrogens (tertiary/aromatic N) is 1. The fourth-order valence-electron chi connectivity index (χ4n) is 2.74. The van der Waals surface area contributed by atoms with E-state index in [0.29, 0.717) is 0 Å². The number of likely N-dealkylation sites (N-methyl/N-ethyl adjacent to an activating group) is 1. The summed E-state index contributed by atoms with van der Waals surface area (Å²) in [4.78, 5) is 2.47. The van der Waals surface area contributed by atoms with Crippen LogP contribution in [0, 0.1) is 0 Å². The SMILES string of the molecule is CN(CCNC1CC1)CC1Cc2ccccc21. The molecule has 3 rings (SSSR count). The van der Waals surface area contributed by atoms with Crippen LogP contribution in [-0.2, 0) is 6.42 Å². The van der Waals surface area contributed by atoms with Gasteiger partial charge in [0.25, 0.3) is 0 Å². The molecule has 0 amide bonds. The minimum Gasteiger partial charge on any atom is -0.313 e. The Morgan fingerprint density at radius 3 is 2.88 bits per heavy atom. The second-order valence-corrected chi connectivity index (χ2v) is 5.59. The molecule has 0 aromatic heterocycles. The second-order valence-electron chi connectivity index (χ2n) is 5.59. The minimum absolute atomic E-state index is 0.775. The molecule has 0 aliphatic heterocycles. The average molecular weight is 230 g/mol. The summed E-state index contributed by atoms with van der Waals surface area (Å²) in [5.41, 5.74) is 3.14. The van der Waals surface area contributed by atoms with Crippen molar-refractivity contribution in [2.24, 2.45) is 0 Å². The largest absolute Gasteiger partial charge is 0.313 e. The van der Waals surface area contributed by atoms with Crippen molar-refractivity contribution in [1.29, 1.82) is 0 Å². The van der Waals surface area contributed by atoms with E-state index in [1.807, 2.05) is 0 Å². The quantitative estimate of drug-likeness (QED) is 0.804. The molecule has 17 heavy (non-hydrogen) atoms. The van der Waals surface area contributed by atoms with Gasteiger partial charge in [-0.1, -0.05) is 24.3 Å². The molecule has 1 N–H and O–H groups in total. The summed E-state index contributed by atoms with van der Waals surface area (Å²) >= 11 is 0. The van der Waals surface area contributed by atoms with E-state index in [2.05, 4.69) is 41.5 Å². The molecule has 0 saturated heterocycles. The van der Waals surface area contributed by atoms with Gasteiger partial charge in [-0.2, -0.15) is 0 Å². The molecule has 2 aliphatic rings. The molecule has 1 fully saturated rings. The van der Waals surface area contributed by atoms with Crippen molar-refractivity contribution in [2.45, 2.75) is 31.2 Å². The van der Waals surface area contributed by atoms with Gasteiger partial charge in [0.1, 0.15) is 0 Å². The monoisotopic (exact) mass is 230 g/mol. The normalized spacial score (nSPS) is 22.4. The third-order valence-corrected chi connectivity index (χ3v) is 4.00. The van der Waals surface area contributed by atoms with Crippen LogP contribution in [0.3, 0.4) is 0 Å². The van der Waals surface area contributed by atoms with Crippen LogP contribution in [0.25, 0.3) is 0 Å². The van der Waals surface area contributed by atoms with Crippen LogP contribution in [0.2, 0.25) is 0 Å². The van der Waals surface area contributed by atoms with Crippen LogP contribution in [-0.4, -0.2) is 37.6 Å². The number of hydrogen-bond donors (Lipinski definition) is 1. The van der Waals surface area contributed by atoms with E-state index < -0.39 is 0 Å². The number of rotatable bonds is 6. The smallest absolute Gasteiger partial charge is 0.0104 e. The highest BCUT2D eigenvalue weighted by atomic mass is 15.1. The fourth-order valence-corrected chi connectivity index (χ4v) is 2.74. The summed E-state index contributed by atoms with van der Waals surface area (Å²) in [6.07, 6.45) is 4.05. The van der Waals surface area contributed by atoms with Crippen LogP contribution in [0.4, 0.5) is 0 Å². The summed E-state index contributed by atoms with van der Waals surface area (Å²) in [6.45, 7) is 3.54. The molecule has 1 saturated carbocycles. The van der Waals surface area contributed by atoms with Crippen LogP contribution < -0.4 is 5.32 Å². The Kier molecular flexibility index (Phi) is 3.17. The molecule has 1 unspecified atom stereocenters. The zero-order chi connectivity index (χ0) is 11.7. The van der Waals surface area contributed by atoms with Gasteiger partial charge in [-0.05, 0) is 37.4 Å². The fraction of sp³-hybridized carbons (Fsp3) is 0.600. The first-order valence-corrected chi connectivity index (χ1v) is 6.82. The summed E-state index contributed by atoms with van der Waals surface area (Å²) in [7, 11) is 2.25. The zero-order valence-corrected chi connectivity index (χ0v) is 10.7. The lowest BCUT2D eigenvalue weighted by atomic mass is 9.77. The highest BCUT2D eigenvalue weighted by Gasteiger charge is 2.26. The average Bonchev–Trinajstić information content (AvgIpc) is 3.10. The Morgan fingerprint density at radius 1 is 1.29 bits per heavy atom. The van der Waals surface area contributed by atoms with Gasteiger partial charge < -0.3 is 10.2 Å². The molecule has 0 radical (unpaired) electrons. The lowest BCUT2D eigenvalue weighted by molar-refractivity contribution is 0.297. The Labute approximate surface area is 104 Å². The van der Waals surface area contributed by atoms with E-state index >= 15 is 0 Å². The van der Waals surface area contributed by atoms with Crippen molar-refractivity contribution < 1.29 is 0 Å². The zero-order valence-electron chi connectivity index (χ0n) is 10.7. The van der Waals surface area contributed by atoms with E-state index in [1.54, 1.807) is 11.1 Å². The first-order chi connectivity index (χ1) is 8.33. The highest BCUT2D eigenvalue weighted by Crippen LogP contribution is 2.34. The van der Waals surface area contributed by atoms with E-state index in [0.717, 1.165) is 18.5 Å². The van der Waals surface area contributed by atoms with Crippen molar-refractivity contribution in [2.75, 3.05) is 26.7 Å². The maximum absolute atomic E-state index is 3.57. The Balaban J connectivity index is 1.41. The Bertz CT molecular complexity index is 384. The molecule has 92 valence electrons. The molecule has 2 nitrogen and oxygen atoms in total. The van der Waals surface area contributed by atoms with Crippen LogP contribution in [0.5, 0.6) is 0 Å². The lowest BCUT2D eigenvalue weighted by Crippen LogP contribution is -2.35. The minimum atomic E-state index is 0.775. The van der Waals surface area contributed by atoms with Gasteiger partial charge in [-0.15, -0.1) is 0 Å². The van der Waals surface area contributed by atoms with Gasteiger partial charge in [0.2, 0.25) is 0 Å². The maximum atomic E-state index is 3.57. The summed E-state index contributed by atoms with van der Waals surface area (Å²) in [5.74, 6) is 0.775. The lowest BCUT2D eigenvalue weighted by Gasteiger charge is -2.33. The van der Waals surface area contributed by atoms with Gasteiger partial charge in [0, 0.05) is 31.6 Å². The second kappa shape index (κ2) is 4.79. The standard InChI is InChI=1S/C15H22N2/c1-17(9-8-16-14-6-7-14)11-13-10-12-4-2-3-5-15(12)13/h2-5,13-14,16H,6-11H2,1H3. The molecule has 2 heteroatoms. The third-order valence-electron chi connectivity index (χ3n) is 4.00. The third kappa shape index (κ3) is 2.70. The molecule has 0 spiro atoms. The number of hydrogen-bond acceptors (Lipinski definition) is 2. The first kappa shape index (κ1) is 11.2. The van der Waals surface area contributed by atoms with Gasteiger partial charge in [0.15, 0.2) is 0 Å². The predicted octanol–water partition coefficient (Wildman–Crippen LogP) is 2.01.